The molecule has 3 aromatic rings. The number of nitrogens with one attached hydrogen (secondary N) is 1. The van der Waals surface area contributed by atoms with Gasteiger partial charge in [0.1, 0.15) is 5.75 Å². The molecule has 1 aliphatic heterocycles. The van der Waals surface area contributed by atoms with E-state index in [1.807, 2.05) is 25.1 Å². The summed E-state index contributed by atoms with van der Waals surface area (Å²) in [5.41, 5.74) is 7.31. The standard InChI is InChI=1S/C26H26N2O2/c1-3-15-30-18-10-8-17(9-11-18)24-25-19-12-7-16(2)27-20(19)13-14-22(25)28-21-5-4-6-23(29)26(21)24/h7-14,24,28H,3-6,15H2,1-2H3/t24-/m1/s1. The van der Waals surface area contributed by atoms with Crippen LogP contribution in [0.4, 0.5) is 5.69 Å². The van der Waals surface area contributed by atoms with Crippen molar-refractivity contribution in [1.29, 1.82) is 0 Å². The number of ketones is 1. The van der Waals surface area contributed by atoms with Gasteiger partial charge in [-0.2, -0.15) is 0 Å². The minimum Gasteiger partial charge on any atom is -0.494 e. The summed E-state index contributed by atoms with van der Waals surface area (Å²) in [7, 11) is 0. The summed E-state index contributed by atoms with van der Waals surface area (Å²) in [5, 5.41) is 4.68. The van der Waals surface area contributed by atoms with Crippen LogP contribution in [0.1, 0.15) is 55.3 Å². The molecule has 4 nitrogen and oxygen atoms in total. The Morgan fingerprint density at radius 3 is 2.70 bits per heavy atom. The summed E-state index contributed by atoms with van der Waals surface area (Å²) in [6.07, 6.45) is 3.42. The third-order valence-corrected chi connectivity index (χ3v) is 6.06. The van der Waals surface area contributed by atoms with E-state index < -0.39 is 0 Å². The summed E-state index contributed by atoms with van der Waals surface area (Å²) < 4.78 is 5.78. The second kappa shape index (κ2) is 7.60. The number of rotatable bonds is 4. The van der Waals surface area contributed by atoms with E-state index in [2.05, 4.69) is 42.6 Å². The molecule has 2 heterocycles. The van der Waals surface area contributed by atoms with Gasteiger partial charge in [-0.25, -0.2) is 0 Å². The summed E-state index contributed by atoms with van der Waals surface area (Å²) >= 11 is 0. The second-order valence-corrected chi connectivity index (χ2v) is 8.19. The predicted molar refractivity (Wildman–Crippen MR) is 120 cm³/mol. The zero-order chi connectivity index (χ0) is 20.7. The van der Waals surface area contributed by atoms with Crippen molar-refractivity contribution in [3.63, 3.8) is 0 Å². The van der Waals surface area contributed by atoms with Crippen molar-refractivity contribution >= 4 is 22.4 Å². The van der Waals surface area contributed by atoms with Crippen LogP contribution in [0.15, 0.2) is 59.8 Å². The lowest BCUT2D eigenvalue weighted by molar-refractivity contribution is -0.116. The van der Waals surface area contributed by atoms with E-state index in [1.54, 1.807) is 0 Å². The van der Waals surface area contributed by atoms with E-state index >= 15 is 0 Å². The van der Waals surface area contributed by atoms with Crippen molar-refractivity contribution in [3.05, 3.63) is 76.6 Å². The Kier molecular flexibility index (Phi) is 4.78. The lowest BCUT2D eigenvalue weighted by atomic mass is 9.74. The maximum absolute atomic E-state index is 13.1. The number of carbonyl (C=O) groups is 1. The maximum Gasteiger partial charge on any atom is 0.161 e. The third kappa shape index (κ3) is 3.17. The van der Waals surface area contributed by atoms with Crippen molar-refractivity contribution in [2.45, 2.75) is 45.4 Å². The Balaban J connectivity index is 1.70. The topological polar surface area (TPSA) is 51.2 Å². The van der Waals surface area contributed by atoms with Crippen molar-refractivity contribution in [1.82, 2.24) is 4.98 Å². The first kappa shape index (κ1) is 18.9. The number of carbonyl (C=O) groups excluding carboxylic acids is 1. The molecule has 0 bridgehead atoms. The number of fused-ring (bicyclic) bond motifs is 3. The predicted octanol–water partition coefficient (Wildman–Crippen LogP) is 5.90. The first-order valence-corrected chi connectivity index (χ1v) is 10.8. The van der Waals surface area contributed by atoms with Gasteiger partial charge < -0.3 is 10.1 Å². The monoisotopic (exact) mass is 398 g/mol. The molecule has 1 N–H and O–H groups in total. The van der Waals surface area contributed by atoms with E-state index in [0.717, 1.165) is 69.7 Å². The van der Waals surface area contributed by atoms with Gasteiger partial charge in [-0.15, -0.1) is 0 Å². The molecule has 1 aliphatic carbocycles. The molecule has 2 aromatic carbocycles. The van der Waals surface area contributed by atoms with E-state index in [1.165, 1.54) is 0 Å². The largest absolute Gasteiger partial charge is 0.494 e. The normalized spacial score (nSPS) is 18.1. The lowest BCUT2D eigenvalue weighted by Gasteiger charge is -2.35. The average molecular weight is 399 g/mol. The molecular weight excluding hydrogens is 372 g/mol. The van der Waals surface area contributed by atoms with Crippen LogP contribution in [0.3, 0.4) is 0 Å². The van der Waals surface area contributed by atoms with Crippen LogP contribution in [0.25, 0.3) is 10.9 Å². The highest BCUT2D eigenvalue weighted by Crippen LogP contribution is 2.47. The molecule has 0 spiro atoms. The fourth-order valence-corrected chi connectivity index (χ4v) is 4.69. The van der Waals surface area contributed by atoms with E-state index in [-0.39, 0.29) is 11.7 Å². The van der Waals surface area contributed by atoms with Gasteiger partial charge in [-0.1, -0.05) is 25.1 Å². The molecule has 30 heavy (non-hydrogen) atoms. The van der Waals surface area contributed by atoms with Crippen LogP contribution in [0, 0.1) is 6.92 Å². The van der Waals surface area contributed by atoms with Gasteiger partial charge in [0.25, 0.3) is 0 Å². The minimum atomic E-state index is -0.0857. The SMILES string of the molecule is CCCOc1ccc([C@H]2C3=C(CCCC3=O)Nc3ccc4nc(C)ccc4c32)cc1. The summed E-state index contributed by atoms with van der Waals surface area (Å²) in [5.74, 6) is 1.04. The van der Waals surface area contributed by atoms with Crippen LogP contribution < -0.4 is 10.1 Å². The second-order valence-electron chi connectivity index (χ2n) is 8.19. The van der Waals surface area contributed by atoms with Crippen LogP contribution in [-0.2, 0) is 4.79 Å². The molecule has 1 aromatic heterocycles. The zero-order valence-electron chi connectivity index (χ0n) is 17.5. The van der Waals surface area contributed by atoms with Crippen LogP contribution in [-0.4, -0.2) is 17.4 Å². The molecule has 4 heteroatoms. The molecule has 152 valence electrons. The Hall–Kier alpha value is -3.14. The number of ether oxygens (including phenoxy) is 1. The Bertz CT molecular complexity index is 1160. The van der Waals surface area contributed by atoms with E-state index in [9.17, 15) is 4.79 Å². The highest BCUT2D eigenvalue weighted by Gasteiger charge is 2.36. The average Bonchev–Trinajstić information content (AvgIpc) is 2.76. The number of anilines is 1. The Morgan fingerprint density at radius 1 is 1.07 bits per heavy atom. The van der Waals surface area contributed by atoms with Gasteiger partial charge >= 0.3 is 0 Å². The van der Waals surface area contributed by atoms with E-state index in [4.69, 9.17) is 9.72 Å². The smallest absolute Gasteiger partial charge is 0.161 e. The molecule has 0 amide bonds. The summed E-state index contributed by atoms with van der Waals surface area (Å²) in [6, 6.07) is 16.6. The Morgan fingerprint density at radius 2 is 1.90 bits per heavy atom. The highest BCUT2D eigenvalue weighted by molar-refractivity contribution is 6.03. The van der Waals surface area contributed by atoms with Crippen LogP contribution >= 0.6 is 0 Å². The molecule has 0 radical (unpaired) electrons. The van der Waals surface area contributed by atoms with Crippen LogP contribution in [0.2, 0.25) is 0 Å². The summed E-state index contributed by atoms with van der Waals surface area (Å²) in [4.78, 5) is 17.8. The third-order valence-electron chi connectivity index (χ3n) is 6.06. The molecule has 0 saturated heterocycles. The Labute approximate surface area is 177 Å². The van der Waals surface area contributed by atoms with Gasteiger partial charge in [0.05, 0.1) is 12.1 Å². The zero-order valence-corrected chi connectivity index (χ0v) is 17.5. The highest BCUT2D eigenvalue weighted by atomic mass is 16.5. The maximum atomic E-state index is 13.1. The fourth-order valence-electron chi connectivity index (χ4n) is 4.69. The quantitative estimate of drug-likeness (QED) is 0.595. The molecule has 0 saturated carbocycles. The molecular formula is C26H26N2O2. The van der Waals surface area contributed by atoms with Crippen LogP contribution in [0.5, 0.6) is 5.75 Å². The minimum absolute atomic E-state index is 0.0857. The van der Waals surface area contributed by atoms with Gasteiger partial charge in [0, 0.05) is 40.4 Å². The first-order valence-electron chi connectivity index (χ1n) is 10.8. The molecule has 5 rings (SSSR count). The number of hydrogen-bond donors (Lipinski definition) is 1. The fraction of sp³-hybridized carbons (Fsp3) is 0.308. The number of aromatic nitrogens is 1. The van der Waals surface area contributed by atoms with E-state index in [0.29, 0.717) is 13.0 Å². The van der Waals surface area contributed by atoms with Crippen molar-refractivity contribution < 1.29 is 9.53 Å². The number of nitrogens with zero attached hydrogens (tertiary/aromatic N) is 1. The number of aryl methyl sites for hydroxylation is 1. The number of pyridine rings is 1. The molecule has 1 atom stereocenters. The van der Waals surface area contributed by atoms with Crippen molar-refractivity contribution in [2.24, 2.45) is 0 Å². The number of Topliss-reactive ketones (excluding diaryl/α,β-unsaturated/α-hetero) is 1. The van der Waals surface area contributed by atoms with Crippen molar-refractivity contribution in [2.75, 3.05) is 11.9 Å². The van der Waals surface area contributed by atoms with Gasteiger partial charge in [-0.3, -0.25) is 9.78 Å². The van der Waals surface area contributed by atoms with Gasteiger partial charge in [0.15, 0.2) is 5.78 Å². The number of allylic oxidation sites excluding steroid dienone is 2. The van der Waals surface area contributed by atoms with Gasteiger partial charge in [0.2, 0.25) is 0 Å². The number of hydrogen-bond acceptors (Lipinski definition) is 4. The lowest BCUT2D eigenvalue weighted by Crippen LogP contribution is -2.27. The van der Waals surface area contributed by atoms with Gasteiger partial charge in [-0.05, 0) is 67.6 Å². The number of benzene rings is 2. The molecule has 2 aliphatic rings. The van der Waals surface area contributed by atoms with Crippen molar-refractivity contribution in [3.8, 4) is 5.75 Å². The molecule has 0 unspecified atom stereocenters. The molecule has 0 fully saturated rings. The summed E-state index contributed by atoms with van der Waals surface area (Å²) in [6.45, 7) is 4.82. The first-order chi connectivity index (χ1) is 14.7.